The third kappa shape index (κ3) is 4.15. The minimum atomic E-state index is 0.920. The second-order valence-corrected chi connectivity index (χ2v) is 1.25. The normalized spacial score (nSPS) is 6.60. The molecule has 0 saturated carbocycles. The molecule has 0 aliphatic rings. The summed E-state index contributed by atoms with van der Waals surface area (Å²) in [5.41, 5.74) is 0. The Morgan fingerprint density at radius 3 is 2.60 bits per heavy atom. The first-order chi connectivity index (χ1) is 2.41. The molecule has 0 unspecified atom stereocenters. The highest BCUT2D eigenvalue weighted by Gasteiger charge is 1.67. The van der Waals surface area contributed by atoms with E-state index in [0.29, 0.717) is 0 Å². The molecule has 28 valence electrons. The number of allylic oxidation sites excluding steroid dienone is 1. The average molecular weight is 86.0 g/mol. The SMILES string of the molecule is C=CCBS. The van der Waals surface area contributed by atoms with Crippen LogP contribution in [-0.2, 0) is 0 Å². The van der Waals surface area contributed by atoms with Crippen molar-refractivity contribution in [2.24, 2.45) is 0 Å². The van der Waals surface area contributed by atoms with Crippen LogP contribution in [0.3, 0.4) is 0 Å². The van der Waals surface area contributed by atoms with E-state index in [1.807, 2.05) is 6.08 Å². The highest BCUT2D eigenvalue weighted by Crippen LogP contribution is 1.77. The molecule has 0 atom stereocenters. The van der Waals surface area contributed by atoms with Gasteiger partial charge in [0.25, 0.3) is 0 Å². The summed E-state index contributed by atoms with van der Waals surface area (Å²) < 4.78 is 0. The molecule has 0 aromatic rings. The van der Waals surface area contributed by atoms with Crippen LogP contribution in [0.5, 0.6) is 0 Å². The fourth-order valence-corrected chi connectivity index (χ4v) is 0.274. The van der Waals surface area contributed by atoms with Gasteiger partial charge in [-0.3, -0.25) is 0 Å². The lowest BCUT2D eigenvalue weighted by Gasteiger charge is -1.68. The molecule has 0 aromatic carbocycles. The van der Waals surface area contributed by atoms with E-state index in [9.17, 15) is 0 Å². The zero-order valence-corrected chi connectivity index (χ0v) is 4.04. The van der Waals surface area contributed by atoms with Crippen molar-refractivity contribution < 1.29 is 0 Å². The Kier molecular flexibility index (Phi) is 4.28. The zero-order valence-electron chi connectivity index (χ0n) is 3.15. The van der Waals surface area contributed by atoms with Crippen LogP contribution < -0.4 is 0 Å². The molecular weight excluding hydrogens is 78.9 g/mol. The average Bonchev–Trinajstić information content (AvgIpc) is 1.41. The highest BCUT2D eigenvalue weighted by molar-refractivity contribution is 8.06. The Hall–Kier alpha value is 0.155. The van der Waals surface area contributed by atoms with E-state index in [1.165, 1.54) is 0 Å². The quantitative estimate of drug-likeness (QED) is 0.287. The fourth-order valence-electron chi connectivity index (χ4n) is 0.0913. The Morgan fingerprint density at radius 2 is 2.60 bits per heavy atom. The molecule has 0 aromatic heterocycles. The van der Waals surface area contributed by atoms with Crippen LogP contribution in [-0.4, -0.2) is 6.56 Å². The molecule has 0 nitrogen and oxygen atoms in total. The van der Waals surface area contributed by atoms with Crippen LogP contribution in [0.25, 0.3) is 0 Å². The predicted molar refractivity (Wildman–Crippen MR) is 31.1 cm³/mol. The first-order valence-electron chi connectivity index (χ1n) is 1.63. The number of hydrogen-bond donors (Lipinski definition) is 1. The Morgan fingerprint density at radius 1 is 2.00 bits per heavy atom. The molecule has 0 rings (SSSR count). The maximum atomic E-state index is 3.93. The van der Waals surface area contributed by atoms with E-state index in [0.717, 1.165) is 12.9 Å². The van der Waals surface area contributed by atoms with Gasteiger partial charge in [0.1, 0.15) is 0 Å². The molecule has 0 aliphatic heterocycles. The smallest absolute Gasteiger partial charge is 0.191 e. The van der Waals surface area contributed by atoms with Crippen LogP contribution >= 0.6 is 12.5 Å². The van der Waals surface area contributed by atoms with Gasteiger partial charge in [-0.15, -0.1) is 6.58 Å². The number of thiol groups is 1. The summed E-state index contributed by atoms with van der Waals surface area (Å²) in [6.45, 7) is 4.42. The van der Waals surface area contributed by atoms with Crippen molar-refractivity contribution in [3.63, 3.8) is 0 Å². The van der Waals surface area contributed by atoms with Crippen LogP contribution in [0.1, 0.15) is 0 Å². The van der Waals surface area contributed by atoms with Crippen molar-refractivity contribution in [1.29, 1.82) is 0 Å². The second-order valence-electron chi connectivity index (χ2n) is 0.801. The first kappa shape index (κ1) is 5.15. The molecule has 5 heavy (non-hydrogen) atoms. The van der Waals surface area contributed by atoms with Crippen LogP contribution in [0.4, 0.5) is 0 Å². The molecule has 0 N–H and O–H groups in total. The standard InChI is InChI=1S/C3H7BS/c1-2-3-4-5/h2,4-5H,1,3H2. The summed E-state index contributed by atoms with van der Waals surface area (Å²) in [5, 5.41) is 0. The third-order valence-corrected chi connectivity index (χ3v) is 0.591. The van der Waals surface area contributed by atoms with Crippen molar-refractivity contribution in [2.45, 2.75) is 6.32 Å². The molecule has 0 heterocycles. The molecule has 0 spiro atoms. The topological polar surface area (TPSA) is 0 Å². The molecular formula is C3H7BS. The summed E-state index contributed by atoms with van der Waals surface area (Å²) in [4.78, 5) is 0. The first-order valence-corrected chi connectivity index (χ1v) is 2.27. The van der Waals surface area contributed by atoms with Gasteiger partial charge in [0, 0.05) is 0 Å². The van der Waals surface area contributed by atoms with E-state index < -0.39 is 0 Å². The van der Waals surface area contributed by atoms with Gasteiger partial charge < -0.3 is 0 Å². The largest absolute Gasteiger partial charge is 0.231 e. The lowest BCUT2D eigenvalue weighted by molar-refractivity contribution is 1.75. The Balaban J connectivity index is 2.40. The fraction of sp³-hybridized carbons (Fsp3) is 0.333. The van der Waals surface area contributed by atoms with Crippen molar-refractivity contribution in [2.75, 3.05) is 0 Å². The highest BCUT2D eigenvalue weighted by atomic mass is 32.1. The minimum Gasteiger partial charge on any atom is -0.231 e. The van der Waals surface area contributed by atoms with Crippen molar-refractivity contribution in [1.82, 2.24) is 0 Å². The molecule has 2 heteroatoms. The van der Waals surface area contributed by atoms with Gasteiger partial charge in [-0.1, -0.05) is 6.08 Å². The second kappa shape index (κ2) is 4.15. The lowest BCUT2D eigenvalue weighted by Crippen LogP contribution is -1.65. The van der Waals surface area contributed by atoms with Gasteiger partial charge in [-0.05, 0) is 6.32 Å². The summed E-state index contributed by atoms with van der Waals surface area (Å²) in [7, 11) is 0. The van der Waals surface area contributed by atoms with E-state index in [2.05, 4.69) is 19.1 Å². The van der Waals surface area contributed by atoms with Gasteiger partial charge in [-0.25, -0.2) is 12.5 Å². The van der Waals surface area contributed by atoms with E-state index in [-0.39, 0.29) is 0 Å². The van der Waals surface area contributed by atoms with Gasteiger partial charge in [0.15, 0.2) is 6.56 Å². The maximum Gasteiger partial charge on any atom is 0.191 e. The molecule has 0 fully saturated rings. The predicted octanol–water partition coefficient (Wildman–Crippen LogP) is 0.872. The van der Waals surface area contributed by atoms with Gasteiger partial charge in [0.05, 0.1) is 0 Å². The van der Waals surface area contributed by atoms with Crippen LogP contribution in [0.2, 0.25) is 6.32 Å². The number of hydrogen-bond acceptors (Lipinski definition) is 1. The van der Waals surface area contributed by atoms with Gasteiger partial charge in [0.2, 0.25) is 0 Å². The summed E-state index contributed by atoms with van der Waals surface area (Å²) in [6.07, 6.45) is 2.87. The third-order valence-electron chi connectivity index (χ3n) is 0.333. The van der Waals surface area contributed by atoms with Crippen molar-refractivity contribution >= 4 is 19.0 Å². The van der Waals surface area contributed by atoms with Crippen LogP contribution in [0, 0.1) is 0 Å². The van der Waals surface area contributed by atoms with E-state index in [4.69, 9.17) is 0 Å². The molecule has 0 radical (unpaired) electrons. The Labute approximate surface area is 38.8 Å². The van der Waals surface area contributed by atoms with E-state index in [1.54, 1.807) is 0 Å². The maximum absolute atomic E-state index is 3.93. The molecule has 0 saturated heterocycles. The van der Waals surface area contributed by atoms with E-state index >= 15 is 0 Å². The molecule has 0 aliphatic carbocycles. The number of rotatable bonds is 2. The summed E-state index contributed by atoms with van der Waals surface area (Å²) in [6, 6.07) is 0. The monoisotopic (exact) mass is 86.0 g/mol. The summed E-state index contributed by atoms with van der Waals surface area (Å²) in [5.74, 6) is 0. The minimum absolute atomic E-state index is 0.920. The van der Waals surface area contributed by atoms with Crippen molar-refractivity contribution in [3.05, 3.63) is 12.7 Å². The van der Waals surface area contributed by atoms with Crippen LogP contribution in [0.15, 0.2) is 12.7 Å². The van der Waals surface area contributed by atoms with Crippen molar-refractivity contribution in [3.8, 4) is 0 Å². The zero-order chi connectivity index (χ0) is 4.12. The molecule has 0 bridgehead atoms. The molecule has 0 amide bonds. The van der Waals surface area contributed by atoms with Gasteiger partial charge in [-0.2, -0.15) is 0 Å². The lowest BCUT2D eigenvalue weighted by atomic mass is 10.0. The Bertz CT molecular complexity index is 28.1. The summed E-state index contributed by atoms with van der Waals surface area (Å²) >= 11 is 3.93. The van der Waals surface area contributed by atoms with Gasteiger partial charge >= 0.3 is 0 Å².